The van der Waals surface area contributed by atoms with E-state index in [4.69, 9.17) is 0 Å². The van der Waals surface area contributed by atoms with Crippen LogP contribution >= 0.6 is 15.9 Å². The van der Waals surface area contributed by atoms with Gasteiger partial charge in [0.15, 0.2) is 5.67 Å². The van der Waals surface area contributed by atoms with E-state index in [2.05, 4.69) is 21.2 Å². The van der Waals surface area contributed by atoms with Crippen molar-refractivity contribution in [3.63, 3.8) is 0 Å². The maximum atomic E-state index is 13.8. The average molecular weight is 248 g/mol. The van der Waals surface area contributed by atoms with Crippen LogP contribution < -0.4 is 5.32 Å². The lowest BCUT2D eigenvalue weighted by molar-refractivity contribution is 0.0846. The van der Waals surface area contributed by atoms with E-state index >= 15 is 0 Å². The van der Waals surface area contributed by atoms with Crippen LogP contribution in [0.15, 0.2) is 22.7 Å². The van der Waals surface area contributed by atoms with Crippen molar-refractivity contribution in [2.45, 2.75) is 5.67 Å². The Hall–Kier alpha value is -0.480. The van der Waals surface area contributed by atoms with E-state index in [1.165, 1.54) is 12.1 Å². The topological polar surface area (TPSA) is 12.0 Å². The summed E-state index contributed by atoms with van der Waals surface area (Å²) in [6, 6.07) is 4.34. The van der Waals surface area contributed by atoms with Crippen molar-refractivity contribution in [1.29, 1.82) is 0 Å². The number of hydrogen-bond acceptors (Lipinski definition) is 1. The molecule has 1 aromatic rings. The minimum absolute atomic E-state index is 0.139. The molecule has 0 amide bonds. The third-order valence-electron chi connectivity index (χ3n) is 2.22. The summed E-state index contributed by atoms with van der Waals surface area (Å²) in [7, 11) is 0. The van der Waals surface area contributed by atoms with E-state index in [0.29, 0.717) is 4.47 Å². The van der Waals surface area contributed by atoms with Crippen LogP contribution in [0.25, 0.3) is 0 Å². The van der Waals surface area contributed by atoms with E-state index < -0.39 is 11.5 Å². The van der Waals surface area contributed by atoms with Crippen molar-refractivity contribution in [3.8, 4) is 0 Å². The van der Waals surface area contributed by atoms with Gasteiger partial charge >= 0.3 is 0 Å². The Morgan fingerprint density at radius 2 is 2.08 bits per heavy atom. The molecule has 0 bridgehead atoms. The van der Waals surface area contributed by atoms with Gasteiger partial charge in [0, 0.05) is 23.1 Å². The molecule has 0 unspecified atom stereocenters. The SMILES string of the molecule is Fc1ccc(Br)cc1C1(F)CNC1. The van der Waals surface area contributed by atoms with Gasteiger partial charge in [0.25, 0.3) is 0 Å². The normalized spacial score (nSPS) is 19.6. The highest BCUT2D eigenvalue weighted by atomic mass is 79.9. The molecule has 1 aromatic carbocycles. The predicted octanol–water partition coefficient (Wildman–Crippen LogP) is 2.36. The fourth-order valence-corrected chi connectivity index (χ4v) is 1.74. The van der Waals surface area contributed by atoms with Crippen molar-refractivity contribution in [2.75, 3.05) is 13.1 Å². The molecule has 13 heavy (non-hydrogen) atoms. The highest BCUT2D eigenvalue weighted by Gasteiger charge is 2.40. The molecule has 1 aliphatic heterocycles. The highest BCUT2D eigenvalue weighted by Crippen LogP contribution is 2.33. The van der Waals surface area contributed by atoms with Gasteiger partial charge in [0.05, 0.1) is 0 Å². The fourth-order valence-electron chi connectivity index (χ4n) is 1.38. The zero-order chi connectivity index (χ0) is 9.47. The van der Waals surface area contributed by atoms with Crippen LogP contribution in [0.2, 0.25) is 0 Å². The molecule has 1 N–H and O–H groups in total. The molecule has 1 nitrogen and oxygen atoms in total. The lowest BCUT2D eigenvalue weighted by Crippen LogP contribution is -2.54. The van der Waals surface area contributed by atoms with E-state index in [-0.39, 0.29) is 18.7 Å². The van der Waals surface area contributed by atoms with Crippen molar-refractivity contribution in [1.82, 2.24) is 5.32 Å². The molecule has 2 rings (SSSR count). The molecule has 1 aliphatic rings. The second-order valence-corrected chi connectivity index (χ2v) is 4.11. The molecule has 0 radical (unpaired) electrons. The maximum absolute atomic E-state index is 13.8. The summed E-state index contributed by atoms with van der Waals surface area (Å²) in [6.45, 7) is 0.390. The molecular weight excluding hydrogens is 240 g/mol. The Morgan fingerprint density at radius 1 is 1.38 bits per heavy atom. The number of hydrogen-bond donors (Lipinski definition) is 1. The third-order valence-corrected chi connectivity index (χ3v) is 2.71. The van der Waals surface area contributed by atoms with Gasteiger partial charge in [-0.05, 0) is 18.2 Å². The first-order chi connectivity index (χ1) is 6.12. The van der Waals surface area contributed by atoms with Crippen LogP contribution in [0.4, 0.5) is 8.78 Å². The van der Waals surface area contributed by atoms with Crippen LogP contribution in [0.3, 0.4) is 0 Å². The summed E-state index contributed by atoms with van der Waals surface area (Å²) >= 11 is 3.19. The Labute approximate surface area is 83.3 Å². The highest BCUT2D eigenvalue weighted by molar-refractivity contribution is 9.10. The quantitative estimate of drug-likeness (QED) is 0.804. The van der Waals surface area contributed by atoms with Gasteiger partial charge < -0.3 is 5.32 Å². The molecule has 1 saturated heterocycles. The van der Waals surface area contributed by atoms with E-state index in [1.807, 2.05) is 0 Å². The van der Waals surface area contributed by atoms with E-state index in [0.717, 1.165) is 0 Å². The second kappa shape index (κ2) is 3.03. The Bertz CT molecular complexity index is 336. The van der Waals surface area contributed by atoms with Crippen LogP contribution in [0.5, 0.6) is 0 Å². The number of alkyl halides is 1. The fraction of sp³-hybridized carbons (Fsp3) is 0.333. The smallest absolute Gasteiger partial charge is 0.163 e. The summed E-state index contributed by atoms with van der Waals surface area (Å²) in [6.07, 6.45) is 0. The van der Waals surface area contributed by atoms with Gasteiger partial charge in [-0.2, -0.15) is 0 Å². The first-order valence-corrected chi connectivity index (χ1v) is 4.76. The average Bonchev–Trinajstić information content (AvgIpc) is 2.05. The van der Waals surface area contributed by atoms with Crippen LogP contribution in [0.1, 0.15) is 5.56 Å². The predicted molar refractivity (Wildman–Crippen MR) is 49.8 cm³/mol. The molecule has 4 heteroatoms. The zero-order valence-electron chi connectivity index (χ0n) is 6.78. The summed E-state index contributed by atoms with van der Waals surface area (Å²) in [5, 5.41) is 2.79. The molecule has 0 saturated carbocycles. The summed E-state index contributed by atoms with van der Waals surface area (Å²) in [4.78, 5) is 0. The van der Waals surface area contributed by atoms with Crippen molar-refractivity contribution < 1.29 is 8.78 Å². The summed E-state index contributed by atoms with van der Waals surface area (Å²) in [5.74, 6) is -0.479. The van der Waals surface area contributed by atoms with Crippen LogP contribution in [0, 0.1) is 5.82 Å². The van der Waals surface area contributed by atoms with Gasteiger partial charge in [0.2, 0.25) is 0 Å². The van der Waals surface area contributed by atoms with Crippen molar-refractivity contribution in [2.24, 2.45) is 0 Å². The third kappa shape index (κ3) is 1.48. The molecule has 0 aromatic heterocycles. The molecule has 0 aliphatic carbocycles. The van der Waals surface area contributed by atoms with Crippen molar-refractivity contribution in [3.05, 3.63) is 34.1 Å². The van der Waals surface area contributed by atoms with Gasteiger partial charge in [-0.25, -0.2) is 8.78 Å². The number of halogens is 3. The molecule has 1 heterocycles. The largest absolute Gasteiger partial charge is 0.310 e. The Morgan fingerprint density at radius 3 is 2.62 bits per heavy atom. The zero-order valence-corrected chi connectivity index (χ0v) is 8.37. The van der Waals surface area contributed by atoms with E-state index in [1.54, 1.807) is 6.07 Å². The minimum Gasteiger partial charge on any atom is -0.310 e. The molecule has 0 atom stereocenters. The number of rotatable bonds is 1. The van der Waals surface area contributed by atoms with Gasteiger partial charge in [0.1, 0.15) is 5.82 Å². The molecular formula is C9H8BrF2N. The molecule has 0 spiro atoms. The Kier molecular flexibility index (Phi) is 2.12. The monoisotopic (exact) mass is 247 g/mol. The second-order valence-electron chi connectivity index (χ2n) is 3.19. The molecule has 70 valence electrons. The standard InChI is InChI=1S/C9H8BrF2N/c10-6-1-2-8(11)7(3-6)9(12)4-13-5-9/h1-3,13H,4-5H2. The first kappa shape index (κ1) is 9.09. The number of benzene rings is 1. The van der Waals surface area contributed by atoms with Crippen LogP contribution in [-0.4, -0.2) is 13.1 Å². The van der Waals surface area contributed by atoms with E-state index in [9.17, 15) is 8.78 Å². The Balaban J connectivity index is 2.43. The molecule has 1 fully saturated rings. The van der Waals surface area contributed by atoms with Gasteiger partial charge in [-0.15, -0.1) is 0 Å². The number of nitrogens with one attached hydrogen (secondary N) is 1. The minimum atomic E-state index is -1.52. The van der Waals surface area contributed by atoms with Gasteiger partial charge in [-0.1, -0.05) is 15.9 Å². The van der Waals surface area contributed by atoms with Crippen LogP contribution in [-0.2, 0) is 5.67 Å². The summed E-state index contributed by atoms with van der Waals surface area (Å²) < 4.78 is 27.7. The lowest BCUT2D eigenvalue weighted by Gasteiger charge is -2.35. The summed E-state index contributed by atoms with van der Waals surface area (Å²) in [5.41, 5.74) is -1.38. The first-order valence-electron chi connectivity index (χ1n) is 3.97. The van der Waals surface area contributed by atoms with Crippen molar-refractivity contribution >= 4 is 15.9 Å². The lowest BCUT2D eigenvalue weighted by atomic mass is 9.90. The van der Waals surface area contributed by atoms with Gasteiger partial charge in [-0.3, -0.25) is 0 Å². The maximum Gasteiger partial charge on any atom is 0.163 e.